The van der Waals surface area contributed by atoms with E-state index >= 15 is 0 Å². The second kappa shape index (κ2) is 5.10. The van der Waals surface area contributed by atoms with E-state index in [0.29, 0.717) is 16.6 Å². The molecule has 0 aliphatic rings. The molecule has 1 aromatic heterocycles. The molecule has 0 bridgehead atoms. The van der Waals surface area contributed by atoms with Gasteiger partial charge in [-0.05, 0) is 18.1 Å². The molecule has 3 nitrogen and oxygen atoms in total. The Bertz CT molecular complexity index is 505. The molecule has 88 valence electrons. The minimum Gasteiger partial charge on any atom is -0.298 e. The molecule has 0 atom stereocenters. The number of thiazole rings is 1. The number of benzene rings is 1. The molecule has 0 radical (unpaired) electrons. The van der Waals surface area contributed by atoms with Crippen molar-refractivity contribution in [2.45, 2.75) is 19.8 Å². The molecule has 0 saturated heterocycles. The first-order valence-corrected chi connectivity index (χ1v) is 6.36. The lowest BCUT2D eigenvalue weighted by molar-refractivity contribution is 0.102. The number of aromatic nitrogens is 1. The first-order valence-electron chi connectivity index (χ1n) is 5.48. The molecule has 2 aromatic rings. The van der Waals surface area contributed by atoms with Crippen LogP contribution in [0, 0.1) is 0 Å². The van der Waals surface area contributed by atoms with E-state index in [1.807, 2.05) is 23.6 Å². The van der Waals surface area contributed by atoms with Crippen molar-refractivity contribution in [3.63, 3.8) is 0 Å². The quantitative estimate of drug-likeness (QED) is 0.900. The van der Waals surface area contributed by atoms with Crippen molar-refractivity contribution in [1.29, 1.82) is 0 Å². The Hall–Kier alpha value is -1.68. The third-order valence-electron chi connectivity index (χ3n) is 2.37. The lowest BCUT2D eigenvalue weighted by Gasteiger charge is -2.01. The first kappa shape index (κ1) is 11.8. The maximum Gasteiger partial charge on any atom is 0.257 e. The fourth-order valence-corrected chi connectivity index (χ4v) is 2.23. The number of hydrogen-bond donors (Lipinski definition) is 1. The smallest absolute Gasteiger partial charge is 0.257 e. The molecule has 2 rings (SSSR count). The average molecular weight is 246 g/mol. The van der Waals surface area contributed by atoms with Crippen molar-refractivity contribution in [3.8, 4) is 0 Å². The summed E-state index contributed by atoms with van der Waals surface area (Å²) in [5, 5.41) is 5.43. The van der Waals surface area contributed by atoms with Crippen LogP contribution in [-0.4, -0.2) is 10.9 Å². The number of carbonyl (C=O) groups excluding carboxylic acids is 1. The number of nitrogens with zero attached hydrogens (tertiary/aromatic N) is 1. The maximum atomic E-state index is 11.8. The van der Waals surface area contributed by atoms with Gasteiger partial charge in [0.05, 0.1) is 5.69 Å². The summed E-state index contributed by atoms with van der Waals surface area (Å²) in [6.45, 7) is 4.16. The van der Waals surface area contributed by atoms with Gasteiger partial charge in [-0.15, -0.1) is 11.3 Å². The van der Waals surface area contributed by atoms with Crippen molar-refractivity contribution in [1.82, 2.24) is 4.98 Å². The molecule has 0 aliphatic heterocycles. The van der Waals surface area contributed by atoms with Crippen LogP contribution in [-0.2, 0) is 0 Å². The lowest BCUT2D eigenvalue weighted by Crippen LogP contribution is -2.11. The lowest BCUT2D eigenvalue weighted by atomic mass is 10.2. The van der Waals surface area contributed by atoms with E-state index in [0.717, 1.165) is 5.69 Å². The standard InChI is InChI=1S/C13H14N2OS/c1-9(2)11-8-17-13(14-11)15-12(16)10-6-4-3-5-7-10/h3-9H,1-2H3,(H,14,15,16). The summed E-state index contributed by atoms with van der Waals surface area (Å²) in [7, 11) is 0. The van der Waals surface area contributed by atoms with Crippen molar-refractivity contribution >= 4 is 22.4 Å². The summed E-state index contributed by atoms with van der Waals surface area (Å²) in [6, 6.07) is 9.14. The number of amides is 1. The topological polar surface area (TPSA) is 42.0 Å². The highest BCUT2D eigenvalue weighted by Gasteiger charge is 2.09. The van der Waals surface area contributed by atoms with Crippen LogP contribution in [0.25, 0.3) is 0 Å². The first-order chi connectivity index (χ1) is 8.16. The summed E-state index contributed by atoms with van der Waals surface area (Å²) >= 11 is 1.46. The SMILES string of the molecule is CC(C)c1csc(NC(=O)c2ccccc2)n1. The van der Waals surface area contributed by atoms with Gasteiger partial charge in [-0.3, -0.25) is 10.1 Å². The van der Waals surface area contributed by atoms with Gasteiger partial charge in [-0.1, -0.05) is 32.0 Å². The molecule has 1 amide bonds. The van der Waals surface area contributed by atoms with Crippen LogP contribution in [0.3, 0.4) is 0 Å². The summed E-state index contributed by atoms with van der Waals surface area (Å²) in [5.41, 5.74) is 1.66. The van der Waals surface area contributed by atoms with Gasteiger partial charge in [0.25, 0.3) is 5.91 Å². The van der Waals surface area contributed by atoms with E-state index in [9.17, 15) is 4.79 Å². The largest absolute Gasteiger partial charge is 0.298 e. The van der Waals surface area contributed by atoms with Crippen molar-refractivity contribution in [2.24, 2.45) is 0 Å². The molecule has 1 N–H and O–H groups in total. The number of rotatable bonds is 3. The zero-order chi connectivity index (χ0) is 12.3. The second-order valence-corrected chi connectivity index (χ2v) is 4.91. The average Bonchev–Trinajstić information content (AvgIpc) is 2.79. The van der Waals surface area contributed by atoms with Crippen LogP contribution >= 0.6 is 11.3 Å². The second-order valence-electron chi connectivity index (χ2n) is 4.05. The van der Waals surface area contributed by atoms with Gasteiger partial charge >= 0.3 is 0 Å². The zero-order valence-corrected chi connectivity index (χ0v) is 10.6. The number of carbonyl (C=O) groups is 1. The minimum atomic E-state index is -0.116. The van der Waals surface area contributed by atoms with E-state index in [-0.39, 0.29) is 5.91 Å². The van der Waals surface area contributed by atoms with Gasteiger partial charge in [0, 0.05) is 10.9 Å². The van der Waals surface area contributed by atoms with E-state index in [2.05, 4.69) is 24.1 Å². The monoisotopic (exact) mass is 246 g/mol. The van der Waals surface area contributed by atoms with Crippen LogP contribution in [0.1, 0.15) is 35.8 Å². The number of hydrogen-bond acceptors (Lipinski definition) is 3. The van der Waals surface area contributed by atoms with Gasteiger partial charge in [0.15, 0.2) is 5.13 Å². The van der Waals surface area contributed by atoms with E-state index < -0.39 is 0 Å². The van der Waals surface area contributed by atoms with Crippen LogP contribution in [0.4, 0.5) is 5.13 Å². The minimum absolute atomic E-state index is 0.116. The highest BCUT2D eigenvalue weighted by Crippen LogP contribution is 2.21. The Labute approximate surface area is 105 Å². The fraction of sp³-hybridized carbons (Fsp3) is 0.231. The van der Waals surface area contributed by atoms with Gasteiger partial charge in [-0.25, -0.2) is 4.98 Å². The van der Waals surface area contributed by atoms with Gasteiger partial charge in [0.1, 0.15) is 0 Å². The summed E-state index contributed by atoms with van der Waals surface area (Å²) in [4.78, 5) is 16.2. The third kappa shape index (κ3) is 2.91. The Morgan fingerprint density at radius 3 is 2.59 bits per heavy atom. The highest BCUT2D eigenvalue weighted by molar-refractivity contribution is 7.14. The Morgan fingerprint density at radius 2 is 2.00 bits per heavy atom. The van der Waals surface area contributed by atoms with Gasteiger partial charge < -0.3 is 0 Å². The van der Waals surface area contributed by atoms with E-state index in [1.165, 1.54) is 11.3 Å². The molecule has 17 heavy (non-hydrogen) atoms. The fourth-order valence-electron chi connectivity index (χ4n) is 1.37. The molecular formula is C13H14N2OS. The molecular weight excluding hydrogens is 232 g/mol. The van der Waals surface area contributed by atoms with Crippen LogP contribution in [0.5, 0.6) is 0 Å². The summed E-state index contributed by atoms with van der Waals surface area (Å²) in [6.07, 6.45) is 0. The predicted octanol–water partition coefficient (Wildman–Crippen LogP) is 3.52. The summed E-state index contributed by atoms with van der Waals surface area (Å²) in [5.74, 6) is 0.267. The Morgan fingerprint density at radius 1 is 1.29 bits per heavy atom. The molecule has 0 fully saturated rings. The van der Waals surface area contributed by atoms with Crippen molar-refractivity contribution in [2.75, 3.05) is 5.32 Å². The normalized spacial score (nSPS) is 10.5. The maximum absolute atomic E-state index is 11.8. The predicted molar refractivity (Wildman–Crippen MR) is 70.6 cm³/mol. The highest BCUT2D eigenvalue weighted by atomic mass is 32.1. The van der Waals surface area contributed by atoms with E-state index in [1.54, 1.807) is 12.1 Å². The van der Waals surface area contributed by atoms with Crippen LogP contribution in [0.2, 0.25) is 0 Å². The molecule has 4 heteroatoms. The Kier molecular flexibility index (Phi) is 3.54. The molecule has 0 saturated carbocycles. The number of nitrogens with one attached hydrogen (secondary N) is 1. The zero-order valence-electron chi connectivity index (χ0n) is 9.81. The molecule has 0 aliphatic carbocycles. The Balaban J connectivity index is 2.08. The van der Waals surface area contributed by atoms with Crippen molar-refractivity contribution < 1.29 is 4.79 Å². The molecule has 1 aromatic carbocycles. The number of anilines is 1. The van der Waals surface area contributed by atoms with Gasteiger partial charge in [-0.2, -0.15) is 0 Å². The third-order valence-corrected chi connectivity index (χ3v) is 3.15. The molecule has 1 heterocycles. The molecule has 0 unspecified atom stereocenters. The van der Waals surface area contributed by atoms with Crippen LogP contribution in [0.15, 0.2) is 35.7 Å². The molecule has 0 spiro atoms. The van der Waals surface area contributed by atoms with Crippen LogP contribution < -0.4 is 5.32 Å². The van der Waals surface area contributed by atoms with Crippen molar-refractivity contribution in [3.05, 3.63) is 47.0 Å². The van der Waals surface area contributed by atoms with E-state index in [4.69, 9.17) is 0 Å². The summed E-state index contributed by atoms with van der Waals surface area (Å²) < 4.78 is 0. The van der Waals surface area contributed by atoms with Gasteiger partial charge in [0.2, 0.25) is 0 Å².